The summed E-state index contributed by atoms with van der Waals surface area (Å²) in [6.45, 7) is 6.92. The topological polar surface area (TPSA) is 78.5 Å². The lowest BCUT2D eigenvalue weighted by atomic mass is 10.1. The predicted octanol–water partition coefficient (Wildman–Crippen LogP) is 4.72. The van der Waals surface area contributed by atoms with Crippen LogP contribution in [0.15, 0.2) is 77.7 Å². The molecule has 0 atom stereocenters. The van der Waals surface area contributed by atoms with E-state index in [0.717, 1.165) is 37.3 Å². The summed E-state index contributed by atoms with van der Waals surface area (Å²) in [5.74, 6) is -0.809. The zero-order chi connectivity index (χ0) is 23.1. The monoisotopic (exact) mass is 455 g/mol. The summed E-state index contributed by atoms with van der Waals surface area (Å²) in [6, 6.07) is 18.3. The van der Waals surface area contributed by atoms with Crippen LogP contribution in [0.25, 0.3) is 0 Å². The molecule has 0 spiro atoms. The molecule has 0 aromatic heterocycles. The van der Waals surface area contributed by atoms with Crippen LogP contribution in [0, 0.1) is 5.82 Å². The fourth-order valence-corrected chi connectivity index (χ4v) is 4.23. The number of anilines is 2. The number of hydrogen-bond acceptors (Lipinski definition) is 4. The average Bonchev–Trinajstić information content (AvgIpc) is 2.78. The largest absolute Gasteiger partial charge is 0.322 e. The summed E-state index contributed by atoms with van der Waals surface area (Å²) < 4.78 is 40.3. The van der Waals surface area contributed by atoms with Gasteiger partial charge in [0.25, 0.3) is 15.9 Å². The molecule has 0 aliphatic rings. The predicted molar refractivity (Wildman–Crippen MR) is 125 cm³/mol. The van der Waals surface area contributed by atoms with E-state index >= 15 is 0 Å². The molecule has 1 amide bonds. The zero-order valence-electron chi connectivity index (χ0n) is 18.0. The number of hydrogen-bond donors (Lipinski definition) is 2. The van der Waals surface area contributed by atoms with Gasteiger partial charge in [-0.3, -0.25) is 14.4 Å². The Balaban J connectivity index is 1.66. The normalized spacial score (nSPS) is 11.4. The van der Waals surface area contributed by atoms with Crippen LogP contribution >= 0.6 is 0 Å². The smallest absolute Gasteiger partial charge is 0.261 e. The molecule has 0 saturated carbocycles. The van der Waals surface area contributed by atoms with Crippen molar-refractivity contribution in [3.8, 4) is 0 Å². The zero-order valence-corrected chi connectivity index (χ0v) is 18.8. The Morgan fingerprint density at radius 3 is 2.19 bits per heavy atom. The Bertz CT molecular complexity index is 1160. The van der Waals surface area contributed by atoms with Gasteiger partial charge in [0.1, 0.15) is 5.82 Å². The number of benzene rings is 3. The lowest BCUT2D eigenvalue weighted by Crippen LogP contribution is -2.22. The van der Waals surface area contributed by atoms with Gasteiger partial charge >= 0.3 is 0 Å². The van der Waals surface area contributed by atoms with Crippen molar-refractivity contribution in [1.82, 2.24) is 4.90 Å². The van der Waals surface area contributed by atoms with E-state index in [4.69, 9.17) is 0 Å². The first-order chi connectivity index (χ1) is 15.3. The Hall–Kier alpha value is -3.23. The van der Waals surface area contributed by atoms with Crippen molar-refractivity contribution < 1.29 is 17.6 Å². The molecule has 0 radical (unpaired) electrons. The number of halogens is 1. The van der Waals surface area contributed by atoms with Crippen molar-refractivity contribution in [2.24, 2.45) is 0 Å². The highest BCUT2D eigenvalue weighted by molar-refractivity contribution is 7.92. The second-order valence-corrected chi connectivity index (χ2v) is 8.94. The van der Waals surface area contributed by atoms with Gasteiger partial charge in [-0.15, -0.1) is 0 Å². The molecule has 0 unspecified atom stereocenters. The number of amides is 1. The fraction of sp³-hybridized carbons (Fsp3) is 0.208. The SMILES string of the molecule is CCN(CC)Cc1cccc(NC(=O)c2ccc(NS(=O)(=O)c3ccc(F)cc3)cc2)c1. The van der Waals surface area contributed by atoms with Gasteiger partial charge in [-0.2, -0.15) is 0 Å². The lowest BCUT2D eigenvalue weighted by molar-refractivity contribution is 0.102. The number of nitrogens with zero attached hydrogens (tertiary/aromatic N) is 1. The van der Waals surface area contributed by atoms with Crippen molar-refractivity contribution in [2.75, 3.05) is 23.1 Å². The Morgan fingerprint density at radius 1 is 0.906 bits per heavy atom. The molecule has 0 fully saturated rings. The number of rotatable bonds is 9. The van der Waals surface area contributed by atoms with Crippen LogP contribution < -0.4 is 10.0 Å². The first kappa shape index (κ1) is 23.4. The molecule has 3 aromatic carbocycles. The third-order valence-corrected chi connectivity index (χ3v) is 6.41. The number of carbonyl (C=O) groups excluding carboxylic acids is 1. The quantitative estimate of drug-likeness (QED) is 0.489. The first-order valence-electron chi connectivity index (χ1n) is 10.3. The van der Waals surface area contributed by atoms with Crippen LogP contribution in [-0.4, -0.2) is 32.3 Å². The van der Waals surface area contributed by atoms with Gasteiger partial charge in [0, 0.05) is 23.5 Å². The summed E-state index contributed by atoms with van der Waals surface area (Å²) in [7, 11) is -3.85. The molecule has 0 aliphatic carbocycles. The molecule has 32 heavy (non-hydrogen) atoms. The third-order valence-electron chi connectivity index (χ3n) is 5.01. The van der Waals surface area contributed by atoms with E-state index in [2.05, 4.69) is 28.8 Å². The number of nitrogens with one attached hydrogen (secondary N) is 2. The second-order valence-electron chi connectivity index (χ2n) is 7.25. The van der Waals surface area contributed by atoms with Gasteiger partial charge in [0.15, 0.2) is 0 Å². The van der Waals surface area contributed by atoms with E-state index in [1.54, 1.807) is 0 Å². The standard InChI is InChI=1S/C24H26FN3O3S/c1-3-28(4-2)17-18-6-5-7-22(16-18)26-24(29)19-8-12-21(13-9-19)27-32(30,31)23-14-10-20(25)11-15-23/h5-16,27H,3-4,17H2,1-2H3,(H,26,29). The summed E-state index contributed by atoms with van der Waals surface area (Å²) in [6.07, 6.45) is 0. The van der Waals surface area contributed by atoms with Gasteiger partial charge in [0.05, 0.1) is 4.90 Å². The van der Waals surface area contributed by atoms with Gasteiger partial charge in [-0.25, -0.2) is 12.8 Å². The Kier molecular flexibility index (Phi) is 7.61. The summed E-state index contributed by atoms with van der Waals surface area (Å²) in [5, 5.41) is 2.88. The number of carbonyl (C=O) groups is 1. The lowest BCUT2D eigenvalue weighted by Gasteiger charge is -2.18. The van der Waals surface area contributed by atoms with Gasteiger partial charge < -0.3 is 5.32 Å². The molecule has 0 saturated heterocycles. The summed E-state index contributed by atoms with van der Waals surface area (Å²) >= 11 is 0. The van der Waals surface area contributed by atoms with Crippen LogP contribution in [0.4, 0.5) is 15.8 Å². The van der Waals surface area contributed by atoms with E-state index in [0.29, 0.717) is 16.9 Å². The third kappa shape index (κ3) is 6.15. The minimum absolute atomic E-state index is 0.0506. The van der Waals surface area contributed by atoms with Gasteiger partial charge in [-0.05, 0) is 79.3 Å². The Morgan fingerprint density at radius 2 is 1.56 bits per heavy atom. The molecule has 3 rings (SSSR count). The first-order valence-corrected chi connectivity index (χ1v) is 11.8. The highest BCUT2D eigenvalue weighted by Gasteiger charge is 2.15. The molecule has 3 aromatic rings. The maximum atomic E-state index is 13.0. The molecule has 8 heteroatoms. The van der Waals surface area contributed by atoms with Crippen LogP contribution in [0.1, 0.15) is 29.8 Å². The van der Waals surface area contributed by atoms with Crippen molar-refractivity contribution in [2.45, 2.75) is 25.3 Å². The molecule has 168 valence electrons. The fourth-order valence-electron chi connectivity index (χ4n) is 3.17. The summed E-state index contributed by atoms with van der Waals surface area (Å²) in [4.78, 5) is 14.8. The minimum atomic E-state index is -3.85. The maximum absolute atomic E-state index is 13.0. The molecular formula is C24H26FN3O3S. The highest BCUT2D eigenvalue weighted by Crippen LogP contribution is 2.18. The average molecular weight is 456 g/mol. The van der Waals surface area contributed by atoms with Crippen molar-refractivity contribution in [1.29, 1.82) is 0 Å². The van der Waals surface area contributed by atoms with Crippen molar-refractivity contribution in [3.05, 3.63) is 89.7 Å². The van der Waals surface area contributed by atoms with Gasteiger partial charge in [0.2, 0.25) is 0 Å². The van der Waals surface area contributed by atoms with Crippen LogP contribution in [-0.2, 0) is 16.6 Å². The van der Waals surface area contributed by atoms with E-state index in [1.165, 1.54) is 36.4 Å². The molecular weight excluding hydrogens is 429 g/mol. The van der Waals surface area contributed by atoms with E-state index in [1.807, 2.05) is 24.3 Å². The van der Waals surface area contributed by atoms with E-state index in [9.17, 15) is 17.6 Å². The van der Waals surface area contributed by atoms with Crippen molar-refractivity contribution in [3.63, 3.8) is 0 Å². The van der Waals surface area contributed by atoms with Gasteiger partial charge in [-0.1, -0.05) is 26.0 Å². The Labute approximate surface area is 188 Å². The number of sulfonamides is 1. The maximum Gasteiger partial charge on any atom is 0.261 e. The van der Waals surface area contributed by atoms with Crippen LogP contribution in [0.2, 0.25) is 0 Å². The minimum Gasteiger partial charge on any atom is -0.322 e. The molecule has 0 heterocycles. The molecule has 2 N–H and O–H groups in total. The van der Waals surface area contributed by atoms with Crippen LogP contribution in [0.3, 0.4) is 0 Å². The second kappa shape index (κ2) is 10.4. The van der Waals surface area contributed by atoms with Crippen LogP contribution in [0.5, 0.6) is 0 Å². The van der Waals surface area contributed by atoms with E-state index in [-0.39, 0.29) is 10.8 Å². The molecule has 6 nitrogen and oxygen atoms in total. The van der Waals surface area contributed by atoms with E-state index < -0.39 is 15.8 Å². The highest BCUT2D eigenvalue weighted by atomic mass is 32.2. The molecule has 0 aliphatic heterocycles. The summed E-state index contributed by atoms with van der Waals surface area (Å²) in [5.41, 5.74) is 2.49. The molecule has 0 bridgehead atoms. The van der Waals surface area contributed by atoms with Crippen molar-refractivity contribution >= 4 is 27.3 Å².